The summed E-state index contributed by atoms with van der Waals surface area (Å²) >= 11 is 0. The molecule has 0 aromatic carbocycles. The van der Waals surface area contributed by atoms with E-state index in [9.17, 15) is 4.79 Å². The van der Waals surface area contributed by atoms with Crippen molar-refractivity contribution < 1.29 is 14.6 Å². The molecule has 1 heterocycles. The van der Waals surface area contributed by atoms with Gasteiger partial charge in [0.25, 0.3) is 0 Å². The summed E-state index contributed by atoms with van der Waals surface area (Å²) < 4.78 is 5.54. The number of hydrogen-bond donors (Lipinski definition) is 1. The molecule has 1 aliphatic rings. The summed E-state index contributed by atoms with van der Waals surface area (Å²) in [7, 11) is 0. The third-order valence-corrected chi connectivity index (χ3v) is 2.24. The second kappa shape index (κ2) is 4.42. The Morgan fingerprint density at radius 1 is 1.38 bits per heavy atom. The minimum atomic E-state index is -0.869. The number of rotatable bonds is 2. The fourth-order valence-corrected chi connectivity index (χ4v) is 1.83. The van der Waals surface area contributed by atoms with Crippen LogP contribution >= 0.6 is 0 Å². The summed E-state index contributed by atoms with van der Waals surface area (Å²) in [5.74, 6) is -0.512. The van der Waals surface area contributed by atoms with Crippen molar-refractivity contribution in [3.63, 3.8) is 0 Å². The number of ether oxygens (including phenoxy) is 1. The van der Waals surface area contributed by atoms with Crippen molar-refractivity contribution in [2.75, 3.05) is 0 Å². The van der Waals surface area contributed by atoms with E-state index < -0.39 is 5.97 Å². The summed E-state index contributed by atoms with van der Waals surface area (Å²) in [4.78, 5) is 10.3. The Hall–Kier alpha value is -0.830. The first-order valence-electron chi connectivity index (χ1n) is 4.64. The molecule has 1 fully saturated rings. The van der Waals surface area contributed by atoms with E-state index in [0.29, 0.717) is 5.92 Å². The second-order valence-corrected chi connectivity index (χ2v) is 3.69. The van der Waals surface area contributed by atoms with Gasteiger partial charge in [0.05, 0.1) is 12.2 Å². The number of carbonyl (C=O) groups is 1. The summed E-state index contributed by atoms with van der Waals surface area (Å²) in [5, 5.41) is 8.46. The van der Waals surface area contributed by atoms with E-state index in [0.717, 1.165) is 12.8 Å². The highest BCUT2D eigenvalue weighted by Crippen LogP contribution is 2.25. The van der Waals surface area contributed by atoms with Gasteiger partial charge in [-0.25, -0.2) is 4.79 Å². The fourth-order valence-electron chi connectivity index (χ4n) is 1.83. The fraction of sp³-hybridized carbons (Fsp3) is 0.700. The van der Waals surface area contributed by atoms with E-state index in [-0.39, 0.29) is 12.2 Å². The first-order valence-corrected chi connectivity index (χ1v) is 4.64. The van der Waals surface area contributed by atoms with Crippen LogP contribution in [0.2, 0.25) is 0 Å². The zero-order valence-electron chi connectivity index (χ0n) is 8.06. The lowest BCUT2D eigenvalue weighted by molar-refractivity contribution is -0.131. The SMILES string of the molecule is C[C@@H]1CC(C=CC(=O)O)C[C@H](C)O1. The van der Waals surface area contributed by atoms with Crippen molar-refractivity contribution in [1.82, 2.24) is 0 Å². The highest BCUT2D eigenvalue weighted by Gasteiger charge is 2.22. The zero-order valence-corrected chi connectivity index (χ0v) is 8.06. The number of aliphatic carboxylic acids is 1. The molecule has 1 rings (SSSR count). The molecule has 1 saturated heterocycles. The van der Waals surface area contributed by atoms with Gasteiger partial charge in [-0.2, -0.15) is 0 Å². The summed E-state index contributed by atoms with van der Waals surface area (Å²) in [6, 6.07) is 0. The quantitative estimate of drug-likeness (QED) is 0.666. The van der Waals surface area contributed by atoms with Crippen molar-refractivity contribution >= 4 is 5.97 Å². The molecule has 0 bridgehead atoms. The summed E-state index contributed by atoms with van der Waals surface area (Å²) in [6.07, 6.45) is 5.34. The molecule has 0 aromatic rings. The molecule has 1 N–H and O–H groups in total. The molecule has 3 nitrogen and oxygen atoms in total. The molecule has 0 spiro atoms. The number of carboxylic acid groups (broad SMARTS) is 1. The van der Waals surface area contributed by atoms with Gasteiger partial charge in [-0.3, -0.25) is 0 Å². The molecule has 0 aromatic heterocycles. The maximum Gasteiger partial charge on any atom is 0.327 e. The molecule has 1 unspecified atom stereocenters. The van der Waals surface area contributed by atoms with Gasteiger partial charge in [-0.05, 0) is 32.6 Å². The smallest absolute Gasteiger partial charge is 0.327 e. The largest absolute Gasteiger partial charge is 0.478 e. The zero-order chi connectivity index (χ0) is 9.84. The van der Waals surface area contributed by atoms with Crippen LogP contribution in [0.4, 0.5) is 0 Å². The Morgan fingerprint density at radius 3 is 2.38 bits per heavy atom. The van der Waals surface area contributed by atoms with Gasteiger partial charge >= 0.3 is 5.97 Å². The molecular formula is C10H16O3. The van der Waals surface area contributed by atoms with Crippen LogP contribution in [-0.2, 0) is 9.53 Å². The van der Waals surface area contributed by atoms with E-state index >= 15 is 0 Å². The Kier molecular flexibility index (Phi) is 3.48. The van der Waals surface area contributed by atoms with E-state index in [4.69, 9.17) is 9.84 Å². The van der Waals surface area contributed by atoms with Gasteiger partial charge in [0.15, 0.2) is 0 Å². The van der Waals surface area contributed by atoms with Crippen LogP contribution in [0.25, 0.3) is 0 Å². The van der Waals surface area contributed by atoms with Crippen molar-refractivity contribution in [3.8, 4) is 0 Å². The lowest BCUT2D eigenvalue weighted by Gasteiger charge is -2.30. The first kappa shape index (κ1) is 10.3. The lowest BCUT2D eigenvalue weighted by Crippen LogP contribution is -2.28. The van der Waals surface area contributed by atoms with Gasteiger partial charge in [0.1, 0.15) is 0 Å². The maximum atomic E-state index is 10.3. The standard InChI is InChI=1S/C10H16O3/c1-7-5-9(3-4-10(11)12)6-8(2)13-7/h3-4,7-9H,5-6H2,1-2H3,(H,11,12)/t7-,8+,9?. The molecule has 74 valence electrons. The molecule has 3 heteroatoms. The van der Waals surface area contributed by atoms with Crippen LogP contribution in [0.15, 0.2) is 12.2 Å². The molecule has 1 aliphatic heterocycles. The molecule has 0 saturated carbocycles. The minimum Gasteiger partial charge on any atom is -0.478 e. The van der Waals surface area contributed by atoms with Gasteiger partial charge < -0.3 is 9.84 Å². The first-order chi connectivity index (χ1) is 6.08. The third-order valence-electron chi connectivity index (χ3n) is 2.24. The average molecular weight is 184 g/mol. The van der Waals surface area contributed by atoms with Crippen molar-refractivity contribution in [2.45, 2.75) is 38.9 Å². The van der Waals surface area contributed by atoms with E-state index in [2.05, 4.69) is 0 Å². The van der Waals surface area contributed by atoms with Gasteiger partial charge in [0.2, 0.25) is 0 Å². The monoisotopic (exact) mass is 184 g/mol. The van der Waals surface area contributed by atoms with Crippen LogP contribution in [0, 0.1) is 5.92 Å². The van der Waals surface area contributed by atoms with E-state index in [1.54, 1.807) is 6.08 Å². The van der Waals surface area contributed by atoms with Crippen LogP contribution in [0.5, 0.6) is 0 Å². The van der Waals surface area contributed by atoms with Gasteiger partial charge in [0, 0.05) is 6.08 Å². The Labute approximate surface area is 78.4 Å². The van der Waals surface area contributed by atoms with Crippen molar-refractivity contribution in [1.29, 1.82) is 0 Å². The van der Waals surface area contributed by atoms with Crippen molar-refractivity contribution in [2.24, 2.45) is 5.92 Å². The molecule has 3 atom stereocenters. The van der Waals surface area contributed by atoms with E-state index in [1.807, 2.05) is 13.8 Å². The second-order valence-electron chi connectivity index (χ2n) is 3.69. The summed E-state index contributed by atoms with van der Waals surface area (Å²) in [6.45, 7) is 4.05. The van der Waals surface area contributed by atoms with Crippen LogP contribution in [0.3, 0.4) is 0 Å². The topological polar surface area (TPSA) is 46.5 Å². The Balaban J connectivity index is 2.46. The predicted octanol–water partition coefficient (Wildman–Crippen LogP) is 1.83. The normalized spacial score (nSPS) is 35.1. The Morgan fingerprint density at radius 2 is 1.92 bits per heavy atom. The lowest BCUT2D eigenvalue weighted by atomic mass is 9.92. The van der Waals surface area contributed by atoms with Gasteiger partial charge in [-0.15, -0.1) is 0 Å². The molecular weight excluding hydrogens is 168 g/mol. The summed E-state index contributed by atoms with van der Waals surface area (Å²) in [5.41, 5.74) is 0. The van der Waals surface area contributed by atoms with Gasteiger partial charge in [-0.1, -0.05) is 6.08 Å². The van der Waals surface area contributed by atoms with Crippen LogP contribution < -0.4 is 0 Å². The molecule has 0 amide bonds. The molecule has 0 radical (unpaired) electrons. The molecule has 0 aliphatic carbocycles. The highest BCUT2D eigenvalue weighted by atomic mass is 16.5. The minimum absolute atomic E-state index is 0.243. The average Bonchev–Trinajstić information content (AvgIpc) is 1.99. The number of carboxylic acids is 1. The number of hydrogen-bond acceptors (Lipinski definition) is 2. The van der Waals surface area contributed by atoms with Crippen LogP contribution in [0.1, 0.15) is 26.7 Å². The predicted molar refractivity (Wildman–Crippen MR) is 49.5 cm³/mol. The highest BCUT2D eigenvalue weighted by molar-refractivity contribution is 5.79. The maximum absolute atomic E-state index is 10.3. The van der Waals surface area contributed by atoms with E-state index in [1.165, 1.54) is 6.08 Å². The number of allylic oxidation sites excluding steroid dienone is 1. The third kappa shape index (κ3) is 3.59. The molecule has 13 heavy (non-hydrogen) atoms. The van der Waals surface area contributed by atoms with Crippen molar-refractivity contribution in [3.05, 3.63) is 12.2 Å². The Bertz CT molecular complexity index is 200. The van der Waals surface area contributed by atoms with Crippen LogP contribution in [-0.4, -0.2) is 23.3 Å².